The first-order chi connectivity index (χ1) is 11.2. The average molecular weight is 305 g/mol. The van der Waals surface area contributed by atoms with Gasteiger partial charge in [0.25, 0.3) is 0 Å². The summed E-state index contributed by atoms with van der Waals surface area (Å²) in [6.07, 6.45) is 1.78. The zero-order chi connectivity index (χ0) is 16.2. The molecule has 0 aliphatic heterocycles. The van der Waals surface area contributed by atoms with Gasteiger partial charge >= 0.3 is 5.97 Å². The molecule has 3 aromatic rings. The van der Waals surface area contributed by atoms with Crippen molar-refractivity contribution >= 4 is 16.9 Å². The van der Waals surface area contributed by atoms with Crippen molar-refractivity contribution in [2.24, 2.45) is 0 Å². The highest BCUT2D eigenvalue weighted by Gasteiger charge is 2.11. The van der Waals surface area contributed by atoms with Crippen LogP contribution in [0.2, 0.25) is 0 Å². The van der Waals surface area contributed by atoms with Gasteiger partial charge in [0, 0.05) is 10.9 Å². The Kier molecular flexibility index (Phi) is 4.11. The molecule has 1 aromatic heterocycles. The lowest BCUT2D eigenvalue weighted by molar-refractivity contribution is -0.144. The quantitative estimate of drug-likeness (QED) is 0.686. The van der Waals surface area contributed by atoms with Gasteiger partial charge in [0.2, 0.25) is 0 Å². The lowest BCUT2D eigenvalue weighted by atomic mass is 10.1. The van der Waals surface area contributed by atoms with E-state index in [2.05, 4.69) is 6.07 Å². The Labute approximate surface area is 133 Å². The van der Waals surface area contributed by atoms with E-state index >= 15 is 0 Å². The van der Waals surface area contributed by atoms with Crippen molar-refractivity contribution in [3.63, 3.8) is 0 Å². The molecule has 0 saturated carbocycles. The lowest BCUT2D eigenvalue weighted by Crippen LogP contribution is -2.07. The average Bonchev–Trinajstić information content (AvgIpc) is 2.95. The van der Waals surface area contributed by atoms with Gasteiger partial charge in [-0.1, -0.05) is 24.3 Å². The minimum absolute atomic E-state index is 0.173. The van der Waals surface area contributed by atoms with E-state index in [1.807, 2.05) is 25.1 Å². The van der Waals surface area contributed by atoms with Crippen LogP contribution in [-0.2, 0) is 22.6 Å². The number of carbonyl (C=O) groups is 1. The molecule has 3 rings (SSSR count). The van der Waals surface area contributed by atoms with Crippen LogP contribution >= 0.6 is 0 Å². The standard InChI is InChI=1S/C19H15NO3/c1-13-2-7-17-16(12-22-18(17)8-13)9-19(21)23-11-15-5-3-14(10-20)4-6-15/h2-8,12H,9,11H2,1H3. The highest BCUT2D eigenvalue weighted by atomic mass is 16.5. The van der Waals surface area contributed by atoms with Crippen LogP contribution in [0.25, 0.3) is 11.0 Å². The van der Waals surface area contributed by atoms with Crippen molar-refractivity contribution in [3.05, 3.63) is 71.0 Å². The van der Waals surface area contributed by atoms with E-state index in [1.54, 1.807) is 30.5 Å². The molecule has 4 nitrogen and oxygen atoms in total. The van der Waals surface area contributed by atoms with E-state index in [-0.39, 0.29) is 19.0 Å². The minimum Gasteiger partial charge on any atom is -0.464 e. The Hall–Kier alpha value is -3.06. The van der Waals surface area contributed by atoms with Crippen LogP contribution in [-0.4, -0.2) is 5.97 Å². The number of esters is 1. The molecule has 2 aromatic carbocycles. The van der Waals surface area contributed by atoms with Crippen molar-refractivity contribution in [2.75, 3.05) is 0 Å². The van der Waals surface area contributed by atoms with Gasteiger partial charge in [0.05, 0.1) is 24.3 Å². The van der Waals surface area contributed by atoms with Crippen molar-refractivity contribution < 1.29 is 13.9 Å². The number of fused-ring (bicyclic) bond motifs is 1. The van der Waals surface area contributed by atoms with Crippen LogP contribution < -0.4 is 0 Å². The van der Waals surface area contributed by atoms with Crippen LogP contribution in [0.4, 0.5) is 0 Å². The molecule has 0 atom stereocenters. The van der Waals surface area contributed by atoms with Crippen molar-refractivity contribution in [1.29, 1.82) is 5.26 Å². The monoisotopic (exact) mass is 305 g/mol. The Bertz CT molecular complexity index is 885. The summed E-state index contributed by atoms with van der Waals surface area (Å²) in [6.45, 7) is 2.19. The van der Waals surface area contributed by atoms with Crippen molar-refractivity contribution in [2.45, 2.75) is 20.0 Å². The fourth-order valence-corrected chi connectivity index (χ4v) is 2.37. The number of carbonyl (C=O) groups excluding carboxylic acids is 1. The highest BCUT2D eigenvalue weighted by Crippen LogP contribution is 2.23. The second-order valence-electron chi connectivity index (χ2n) is 5.41. The number of benzene rings is 2. The van der Waals surface area contributed by atoms with Crippen LogP contribution in [0.3, 0.4) is 0 Å². The third-order valence-corrected chi connectivity index (χ3v) is 3.63. The molecule has 0 aliphatic rings. The summed E-state index contributed by atoms with van der Waals surface area (Å²) in [5.41, 5.74) is 4.15. The number of nitriles is 1. The molecule has 23 heavy (non-hydrogen) atoms. The largest absolute Gasteiger partial charge is 0.464 e. The molecule has 0 spiro atoms. The van der Waals surface area contributed by atoms with Gasteiger partial charge in [-0.25, -0.2) is 0 Å². The van der Waals surface area contributed by atoms with Crippen molar-refractivity contribution in [1.82, 2.24) is 0 Å². The van der Waals surface area contributed by atoms with Gasteiger partial charge in [0.1, 0.15) is 12.2 Å². The number of hydrogen-bond acceptors (Lipinski definition) is 4. The molecule has 0 bridgehead atoms. The molecule has 4 heteroatoms. The summed E-state index contributed by atoms with van der Waals surface area (Å²) in [5.74, 6) is -0.308. The van der Waals surface area contributed by atoms with E-state index < -0.39 is 0 Å². The maximum Gasteiger partial charge on any atom is 0.310 e. The first-order valence-corrected chi connectivity index (χ1v) is 7.27. The number of hydrogen-bond donors (Lipinski definition) is 0. The van der Waals surface area contributed by atoms with E-state index in [0.29, 0.717) is 5.56 Å². The number of nitrogens with zero attached hydrogens (tertiary/aromatic N) is 1. The fraction of sp³-hybridized carbons (Fsp3) is 0.158. The van der Waals surface area contributed by atoms with Gasteiger partial charge < -0.3 is 9.15 Å². The smallest absolute Gasteiger partial charge is 0.310 e. The summed E-state index contributed by atoms with van der Waals surface area (Å²) in [5, 5.41) is 9.69. The number of rotatable bonds is 4. The van der Waals surface area contributed by atoms with Crippen molar-refractivity contribution in [3.8, 4) is 6.07 Å². The second kappa shape index (κ2) is 6.37. The predicted octanol–water partition coefficient (Wildman–Crippen LogP) is 3.90. The van der Waals surface area contributed by atoms with Gasteiger partial charge in [0.15, 0.2) is 0 Å². The Morgan fingerprint density at radius 1 is 1.22 bits per heavy atom. The summed E-state index contributed by atoms with van der Waals surface area (Å²) < 4.78 is 10.8. The molecule has 0 amide bonds. The number of aryl methyl sites for hydroxylation is 1. The summed E-state index contributed by atoms with van der Waals surface area (Å²) in [7, 11) is 0. The second-order valence-corrected chi connectivity index (χ2v) is 5.41. The van der Waals surface area contributed by atoms with Crippen LogP contribution in [0, 0.1) is 18.3 Å². The Morgan fingerprint density at radius 2 is 2.00 bits per heavy atom. The highest BCUT2D eigenvalue weighted by molar-refractivity contribution is 5.86. The van der Waals surface area contributed by atoms with Gasteiger partial charge in [-0.2, -0.15) is 5.26 Å². The van der Waals surface area contributed by atoms with Crippen LogP contribution in [0.1, 0.15) is 22.3 Å². The molecular formula is C19H15NO3. The predicted molar refractivity (Wildman–Crippen MR) is 85.6 cm³/mol. The van der Waals surface area contributed by atoms with E-state index in [1.165, 1.54) is 0 Å². The van der Waals surface area contributed by atoms with Gasteiger partial charge in [-0.15, -0.1) is 0 Å². The fourth-order valence-electron chi connectivity index (χ4n) is 2.37. The third-order valence-electron chi connectivity index (χ3n) is 3.63. The van der Waals surface area contributed by atoms with E-state index in [4.69, 9.17) is 14.4 Å². The first-order valence-electron chi connectivity index (χ1n) is 7.27. The Balaban J connectivity index is 1.63. The molecule has 1 heterocycles. The summed E-state index contributed by atoms with van der Waals surface area (Å²) in [6, 6.07) is 14.9. The van der Waals surface area contributed by atoms with E-state index in [0.717, 1.165) is 27.7 Å². The Morgan fingerprint density at radius 3 is 2.74 bits per heavy atom. The van der Waals surface area contributed by atoms with E-state index in [9.17, 15) is 4.79 Å². The maximum atomic E-state index is 12.0. The number of ether oxygens (including phenoxy) is 1. The first kappa shape index (κ1) is 14.9. The molecule has 0 aliphatic carbocycles. The molecule has 0 N–H and O–H groups in total. The van der Waals surface area contributed by atoms with Crippen LogP contribution in [0.15, 0.2) is 53.1 Å². The van der Waals surface area contributed by atoms with Gasteiger partial charge in [-0.3, -0.25) is 4.79 Å². The summed E-state index contributed by atoms with van der Waals surface area (Å²) in [4.78, 5) is 12.0. The zero-order valence-corrected chi connectivity index (χ0v) is 12.7. The molecule has 0 unspecified atom stereocenters. The van der Waals surface area contributed by atoms with Gasteiger partial charge in [-0.05, 0) is 36.2 Å². The third kappa shape index (κ3) is 3.41. The normalized spacial score (nSPS) is 10.4. The van der Waals surface area contributed by atoms with Crippen LogP contribution in [0.5, 0.6) is 0 Å². The SMILES string of the molecule is Cc1ccc2c(CC(=O)OCc3ccc(C#N)cc3)coc2c1. The molecule has 114 valence electrons. The molecular weight excluding hydrogens is 290 g/mol. The number of furan rings is 1. The zero-order valence-electron chi connectivity index (χ0n) is 12.7. The molecule has 0 saturated heterocycles. The topological polar surface area (TPSA) is 63.2 Å². The minimum atomic E-state index is -0.308. The lowest BCUT2D eigenvalue weighted by Gasteiger charge is -2.04. The molecule has 0 fully saturated rings. The maximum absolute atomic E-state index is 12.0. The molecule has 0 radical (unpaired) electrons. The summed E-state index contributed by atoms with van der Waals surface area (Å²) >= 11 is 0.